The molecule has 0 spiro atoms. The van der Waals surface area contributed by atoms with Crippen molar-refractivity contribution in [3.05, 3.63) is 0 Å². The summed E-state index contributed by atoms with van der Waals surface area (Å²) < 4.78 is 0. The van der Waals surface area contributed by atoms with Crippen LogP contribution in [0.5, 0.6) is 0 Å². The number of carboxylic acids is 1. The molecule has 3 aliphatic rings. The molecule has 0 radical (unpaired) electrons. The molecule has 1 saturated heterocycles. The summed E-state index contributed by atoms with van der Waals surface area (Å²) in [6.45, 7) is 5.92. The molecule has 6 atom stereocenters. The van der Waals surface area contributed by atoms with E-state index in [2.05, 4.69) is 19.2 Å². The topological polar surface area (TPSA) is 69.6 Å². The lowest BCUT2D eigenvalue weighted by Gasteiger charge is -2.37. The van der Waals surface area contributed by atoms with E-state index in [1.54, 1.807) is 0 Å². The van der Waals surface area contributed by atoms with E-state index in [1.807, 2.05) is 4.90 Å². The van der Waals surface area contributed by atoms with E-state index in [9.17, 15) is 14.7 Å². The van der Waals surface area contributed by atoms with Crippen LogP contribution in [0.2, 0.25) is 0 Å². The molecule has 1 aliphatic heterocycles. The van der Waals surface area contributed by atoms with Crippen molar-refractivity contribution in [1.29, 1.82) is 0 Å². The zero-order valence-corrected chi connectivity index (χ0v) is 12.9. The van der Waals surface area contributed by atoms with Crippen LogP contribution in [0.15, 0.2) is 0 Å². The van der Waals surface area contributed by atoms with Crippen molar-refractivity contribution in [2.24, 2.45) is 29.6 Å². The Morgan fingerprint density at radius 2 is 1.67 bits per heavy atom. The van der Waals surface area contributed by atoms with Crippen LogP contribution in [0.4, 0.5) is 4.79 Å². The van der Waals surface area contributed by atoms with Gasteiger partial charge in [-0.1, -0.05) is 13.8 Å². The number of hydrogen-bond donors (Lipinski definition) is 2. The Morgan fingerprint density at radius 3 is 2.29 bits per heavy atom. The second-order valence-electron chi connectivity index (χ2n) is 7.52. The van der Waals surface area contributed by atoms with Gasteiger partial charge in [0.05, 0.1) is 5.92 Å². The molecule has 0 aromatic carbocycles. The van der Waals surface area contributed by atoms with Crippen LogP contribution in [-0.2, 0) is 4.79 Å². The van der Waals surface area contributed by atoms with E-state index in [4.69, 9.17) is 0 Å². The molecule has 3 fully saturated rings. The second kappa shape index (κ2) is 5.50. The molecule has 3 rings (SSSR count). The Labute approximate surface area is 126 Å². The van der Waals surface area contributed by atoms with E-state index >= 15 is 0 Å². The summed E-state index contributed by atoms with van der Waals surface area (Å²) in [4.78, 5) is 25.9. The van der Waals surface area contributed by atoms with Crippen LogP contribution < -0.4 is 5.32 Å². The number of rotatable bonds is 2. The Morgan fingerprint density at radius 1 is 1.05 bits per heavy atom. The van der Waals surface area contributed by atoms with Crippen molar-refractivity contribution in [3.8, 4) is 0 Å². The molecule has 21 heavy (non-hydrogen) atoms. The number of amides is 2. The molecule has 2 aliphatic carbocycles. The fourth-order valence-corrected chi connectivity index (χ4v) is 4.92. The average molecular weight is 294 g/mol. The van der Waals surface area contributed by atoms with E-state index in [0.717, 1.165) is 38.8 Å². The summed E-state index contributed by atoms with van der Waals surface area (Å²) in [6, 6.07) is -0.224. The molecule has 2 amide bonds. The Kier molecular flexibility index (Phi) is 3.84. The van der Waals surface area contributed by atoms with Gasteiger partial charge >= 0.3 is 12.0 Å². The lowest BCUT2D eigenvalue weighted by atomic mass is 9.84. The zero-order valence-electron chi connectivity index (χ0n) is 12.9. The number of piperidine rings is 1. The maximum absolute atomic E-state index is 12.5. The smallest absolute Gasteiger partial charge is 0.317 e. The predicted octanol–water partition coefficient (Wildman–Crippen LogP) is 2.17. The number of nitrogens with zero attached hydrogens (tertiary/aromatic N) is 1. The largest absolute Gasteiger partial charge is 0.481 e. The Hall–Kier alpha value is -1.26. The van der Waals surface area contributed by atoms with Gasteiger partial charge in [-0.3, -0.25) is 4.79 Å². The first-order valence-corrected chi connectivity index (χ1v) is 8.24. The summed E-state index contributed by atoms with van der Waals surface area (Å²) in [5, 5.41) is 12.5. The molecular weight excluding hydrogens is 268 g/mol. The maximum atomic E-state index is 12.5. The second-order valence-corrected chi connectivity index (χ2v) is 7.52. The zero-order chi connectivity index (χ0) is 15.1. The minimum Gasteiger partial charge on any atom is -0.481 e. The normalized spacial score (nSPS) is 42.1. The minimum absolute atomic E-state index is 0.0581. The number of aliphatic carboxylic acids is 1. The number of hydrogen-bond acceptors (Lipinski definition) is 2. The first-order valence-electron chi connectivity index (χ1n) is 8.24. The van der Waals surface area contributed by atoms with Gasteiger partial charge in [0.1, 0.15) is 0 Å². The maximum Gasteiger partial charge on any atom is 0.317 e. The van der Waals surface area contributed by atoms with Crippen LogP contribution >= 0.6 is 0 Å². The molecule has 0 aromatic heterocycles. The highest BCUT2D eigenvalue weighted by Crippen LogP contribution is 2.48. The van der Waals surface area contributed by atoms with Gasteiger partial charge in [-0.15, -0.1) is 0 Å². The van der Waals surface area contributed by atoms with Gasteiger partial charge in [0.15, 0.2) is 0 Å². The summed E-state index contributed by atoms with van der Waals surface area (Å²) in [6.07, 6.45) is 4.20. The molecule has 6 unspecified atom stereocenters. The number of likely N-dealkylation sites (tertiary alicyclic amines) is 1. The standard InChI is InChI=1S/C16H26N2O3/c1-9-5-10(2)8-18(7-9)16(21)17-14-12-4-3-11(6-12)13(14)15(19)20/h9-14H,3-8H2,1-2H3,(H,17,21)(H,19,20). The van der Waals surface area contributed by atoms with E-state index in [1.165, 1.54) is 0 Å². The van der Waals surface area contributed by atoms with E-state index < -0.39 is 5.97 Å². The molecule has 118 valence electrons. The summed E-state index contributed by atoms with van der Waals surface area (Å²) in [7, 11) is 0. The third kappa shape index (κ3) is 2.74. The van der Waals surface area contributed by atoms with E-state index in [0.29, 0.717) is 17.8 Å². The van der Waals surface area contributed by atoms with Gasteiger partial charge in [0, 0.05) is 19.1 Å². The fraction of sp³-hybridized carbons (Fsp3) is 0.875. The summed E-state index contributed by atoms with van der Waals surface area (Å²) >= 11 is 0. The highest BCUT2D eigenvalue weighted by molar-refractivity contribution is 5.77. The summed E-state index contributed by atoms with van der Waals surface area (Å²) in [5.41, 5.74) is 0. The number of carbonyl (C=O) groups is 2. The highest BCUT2D eigenvalue weighted by atomic mass is 16.4. The first kappa shape index (κ1) is 14.7. The molecule has 1 heterocycles. The van der Waals surface area contributed by atoms with Crippen molar-refractivity contribution in [2.45, 2.75) is 45.6 Å². The van der Waals surface area contributed by atoms with Crippen LogP contribution in [0.1, 0.15) is 39.5 Å². The van der Waals surface area contributed by atoms with Gasteiger partial charge in [0.25, 0.3) is 0 Å². The molecule has 2 bridgehead atoms. The number of urea groups is 1. The first-order chi connectivity index (χ1) is 9.95. The predicted molar refractivity (Wildman–Crippen MR) is 78.8 cm³/mol. The van der Waals surface area contributed by atoms with Gasteiger partial charge in [-0.05, 0) is 49.4 Å². The number of nitrogens with one attached hydrogen (secondary N) is 1. The Balaban J connectivity index is 1.65. The van der Waals surface area contributed by atoms with Crippen molar-refractivity contribution < 1.29 is 14.7 Å². The number of carbonyl (C=O) groups excluding carboxylic acids is 1. The van der Waals surface area contributed by atoms with Gasteiger partial charge in [-0.25, -0.2) is 4.79 Å². The van der Waals surface area contributed by atoms with Gasteiger partial charge in [-0.2, -0.15) is 0 Å². The van der Waals surface area contributed by atoms with Crippen LogP contribution in [0, 0.1) is 29.6 Å². The molecule has 2 N–H and O–H groups in total. The lowest BCUT2D eigenvalue weighted by Crippen LogP contribution is -2.54. The number of carboxylic acid groups (broad SMARTS) is 1. The van der Waals surface area contributed by atoms with Crippen LogP contribution in [0.3, 0.4) is 0 Å². The van der Waals surface area contributed by atoms with Crippen LogP contribution in [-0.4, -0.2) is 41.1 Å². The Bertz CT molecular complexity index is 429. The van der Waals surface area contributed by atoms with Crippen molar-refractivity contribution in [1.82, 2.24) is 10.2 Å². The number of fused-ring (bicyclic) bond motifs is 2. The van der Waals surface area contributed by atoms with Gasteiger partial charge in [0.2, 0.25) is 0 Å². The van der Waals surface area contributed by atoms with Crippen molar-refractivity contribution >= 4 is 12.0 Å². The summed E-state index contributed by atoms with van der Waals surface area (Å²) in [5.74, 6) is 0.543. The molecule has 0 aromatic rings. The fourth-order valence-electron chi connectivity index (χ4n) is 4.92. The minimum atomic E-state index is -0.743. The third-order valence-electron chi connectivity index (χ3n) is 5.65. The highest BCUT2D eigenvalue weighted by Gasteiger charge is 2.51. The van der Waals surface area contributed by atoms with Gasteiger partial charge < -0.3 is 15.3 Å². The SMILES string of the molecule is CC1CC(C)CN(C(=O)NC2C3CCC(C3)C2C(=O)O)C1. The third-order valence-corrected chi connectivity index (χ3v) is 5.65. The molecule has 5 heteroatoms. The van der Waals surface area contributed by atoms with Crippen molar-refractivity contribution in [2.75, 3.05) is 13.1 Å². The lowest BCUT2D eigenvalue weighted by molar-refractivity contribution is -0.144. The molecule has 5 nitrogen and oxygen atoms in total. The molecular formula is C16H26N2O3. The quantitative estimate of drug-likeness (QED) is 0.820. The monoisotopic (exact) mass is 294 g/mol. The average Bonchev–Trinajstić information content (AvgIpc) is 2.97. The van der Waals surface area contributed by atoms with E-state index in [-0.39, 0.29) is 23.9 Å². The van der Waals surface area contributed by atoms with Crippen molar-refractivity contribution in [3.63, 3.8) is 0 Å². The molecule has 2 saturated carbocycles. The van der Waals surface area contributed by atoms with Crippen LogP contribution in [0.25, 0.3) is 0 Å².